The Morgan fingerprint density at radius 2 is 0.724 bits per heavy atom. The fourth-order valence-corrected chi connectivity index (χ4v) is 1.93. The minimum absolute atomic E-state index is 0.503. The van der Waals surface area contributed by atoms with Gasteiger partial charge < -0.3 is 0 Å². The van der Waals surface area contributed by atoms with E-state index in [1.54, 1.807) is 0 Å². The Labute approximate surface area is 174 Å². The highest BCUT2D eigenvalue weighted by molar-refractivity contribution is 5.47. The Balaban J connectivity index is -0.000000212. The van der Waals surface area contributed by atoms with Crippen LogP contribution in [0, 0.1) is 5.41 Å². The predicted molar refractivity (Wildman–Crippen MR) is 117 cm³/mol. The first-order valence-corrected chi connectivity index (χ1v) is 9.59. The number of rotatable bonds is 6. The fourth-order valence-electron chi connectivity index (χ4n) is 1.93. The van der Waals surface area contributed by atoms with Crippen molar-refractivity contribution in [1.82, 2.24) is 0 Å². The van der Waals surface area contributed by atoms with Gasteiger partial charge in [0.15, 0.2) is 0 Å². The summed E-state index contributed by atoms with van der Waals surface area (Å²) in [5.74, 6) is 0. The molecule has 0 bridgehead atoms. The first-order valence-electron chi connectivity index (χ1n) is 9.59. The minimum Gasteiger partial charge on any atom is -0.169 e. The van der Waals surface area contributed by atoms with E-state index in [-0.39, 0.29) is 0 Å². The number of alkyl halides is 6. The Morgan fingerprint density at radius 3 is 0.828 bits per heavy atom. The lowest BCUT2D eigenvalue weighted by atomic mass is 9.71. The highest BCUT2D eigenvalue weighted by Gasteiger charge is 2.73. The molecule has 0 nitrogen and oxygen atoms in total. The molecule has 0 aromatic heterocycles. The van der Waals surface area contributed by atoms with Crippen LogP contribution in [0.3, 0.4) is 0 Å². The fraction of sp³-hybridized carbons (Fsp3) is 0.478. The minimum atomic E-state index is -5.66. The van der Waals surface area contributed by atoms with Crippen LogP contribution in [-0.2, 0) is 0 Å². The van der Waals surface area contributed by atoms with Crippen molar-refractivity contribution >= 4 is 0 Å². The third-order valence-corrected chi connectivity index (χ3v) is 2.75. The van der Waals surface area contributed by atoms with Crippen molar-refractivity contribution in [2.75, 3.05) is 0 Å². The average Bonchev–Trinajstić information content (AvgIpc) is 2.71. The second kappa shape index (κ2) is 20.7. The smallest absolute Gasteiger partial charge is 0.169 e. The highest BCUT2D eigenvalue weighted by Crippen LogP contribution is 2.59. The number of allylic oxidation sites excluding steroid dienone is 8. The first-order chi connectivity index (χ1) is 13.5. The van der Waals surface area contributed by atoms with E-state index in [2.05, 4.69) is 26.3 Å². The predicted octanol–water partition coefficient (Wildman–Crippen LogP) is 9.80. The largest absolute Gasteiger partial charge is 0.411 e. The lowest BCUT2D eigenvalue weighted by molar-refractivity contribution is -0.308. The maximum absolute atomic E-state index is 13.4. The van der Waals surface area contributed by atoms with Crippen molar-refractivity contribution < 1.29 is 26.3 Å². The van der Waals surface area contributed by atoms with Gasteiger partial charge in [0.1, 0.15) is 0 Å². The van der Waals surface area contributed by atoms with Crippen LogP contribution in [0.2, 0.25) is 0 Å². The Morgan fingerprint density at radius 1 is 0.517 bits per heavy atom. The molecule has 0 radical (unpaired) electrons. The molecule has 0 saturated carbocycles. The molecule has 0 aliphatic heterocycles. The third-order valence-electron chi connectivity index (χ3n) is 2.75. The van der Waals surface area contributed by atoms with Crippen LogP contribution in [0.15, 0.2) is 73.9 Å². The Kier molecular flexibility index (Phi) is 27.0. The summed E-state index contributed by atoms with van der Waals surface area (Å²) in [5, 5.41) is 0. The standard InChI is InChI=1S/C15H14F6.4C2H6/c1-5-9-11(7-3)13(14(16,17)18,15(19,20)21)12(8-4)10-6-2;4*1-2/h5-10H,1-4H2;4*1-2H3/b11-9+,12-10+;;;;. The molecule has 0 saturated heterocycles. The monoisotopic (exact) mass is 428 g/mol. The van der Waals surface area contributed by atoms with Gasteiger partial charge in [-0.2, -0.15) is 26.3 Å². The van der Waals surface area contributed by atoms with Crippen molar-refractivity contribution in [3.05, 3.63) is 73.9 Å². The summed E-state index contributed by atoms with van der Waals surface area (Å²) in [6.07, 6.45) is -7.40. The van der Waals surface area contributed by atoms with Crippen molar-refractivity contribution in [2.45, 2.75) is 67.7 Å². The molecule has 0 aromatic carbocycles. The molecule has 0 spiro atoms. The maximum Gasteiger partial charge on any atom is 0.411 e. The van der Waals surface area contributed by atoms with Gasteiger partial charge in [0.2, 0.25) is 5.41 Å². The van der Waals surface area contributed by atoms with E-state index in [0.29, 0.717) is 24.3 Å². The molecule has 0 heterocycles. The summed E-state index contributed by atoms with van der Waals surface area (Å²) in [4.78, 5) is 0. The average molecular weight is 429 g/mol. The van der Waals surface area contributed by atoms with Crippen molar-refractivity contribution in [3.8, 4) is 0 Å². The van der Waals surface area contributed by atoms with E-state index >= 15 is 0 Å². The van der Waals surface area contributed by atoms with E-state index in [4.69, 9.17) is 0 Å². The van der Waals surface area contributed by atoms with Gasteiger partial charge in [0, 0.05) is 0 Å². The third kappa shape index (κ3) is 10.4. The Bertz CT molecular complexity index is 442. The molecular formula is C23H38F6. The molecular weight excluding hydrogens is 390 g/mol. The molecule has 172 valence electrons. The Hall–Kier alpha value is -1.98. The van der Waals surface area contributed by atoms with Crippen LogP contribution < -0.4 is 0 Å². The van der Waals surface area contributed by atoms with Gasteiger partial charge in [-0.3, -0.25) is 0 Å². The quantitative estimate of drug-likeness (QED) is 0.292. The van der Waals surface area contributed by atoms with Gasteiger partial charge in [0.05, 0.1) is 0 Å². The lowest BCUT2D eigenvalue weighted by Crippen LogP contribution is -2.52. The number of hydrogen-bond acceptors (Lipinski definition) is 0. The maximum atomic E-state index is 13.4. The van der Waals surface area contributed by atoms with E-state index in [1.807, 2.05) is 55.4 Å². The van der Waals surface area contributed by atoms with Gasteiger partial charge in [-0.1, -0.05) is 118 Å². The zero-order valence-electron chi connectivity index (χ0n) is 19.1. The zero-order chi connectivity index (χ0) is 24.9. The number of halogens is 6. The lowest BCUT2D eigenvalue weighted by Gasteiger charge is -2.39. The SMILES string of the molecule is C=C/C=C(\C=C)C(/C(C=C)=C/C=C)(C(F)(F)F)C(F)(F)F.CC.CC.CC.CC. The number of hydrogen-bond donors (Lipinski definition) is 0. The second-order valence-corrected chi connectivity index (χ2v) is 3.87. The zero-order valence-corrected chi connectivity index (χ0v) is 19.1. The van der Waals surface area contributed by atoms with E-state index in [1.165, 1.54) is 0 Å². The molecule has 0 rings (SSSR count). The summed E-state index contributed by atoms with van der Waals surface area (Å²) in [7, 11) is 0. The molecule has 0 amide bonds. The van der Waals surface area contributed by atoms with Crippen molar-refractivity contribution in [1.29, 1.82) is 0 Å². The van der Waals surface area contributed by atoms with Gasteiger partial charge >= 0.3 is 12.4 Å². The molecule has 29 heavy (non-hydrogen) atoms. The van der Waals surface area contributed by atoms with Gasteiger partial charge in [-0.15, -0.1) is 0 Å². The molecule has 0 fully saturated rings. The summed E-state index contributed by atoms with van der Waals surface area (Å²) < 4.78 is 80.6. The van der Waals surface area contributed by atoms with E-state index in [0.717, 1.165) is 12.2 Å². The van der Waals surface area contributed by atoms with Crippen LogP contribution in [0.25, 0.3) is 0 Å². The van der Waals surface area contributed by atoms with Crippen LogP contribution in [0.4, 0.5) is 26.3 Å². The van der Waals surface area contributed by atoms with Gasteiger partial charge in [-0.05, 0) is 11.1 Å². The molecule has 0 atom stereocenters. The van der Waals surface area contributed by atoms with Crippen LogP contribution >= 0.6 is 0 Å². The normalized spacial score (nSPS) is 11.4. The second-order valence-electron chi connectivity index (χ2n) is 3.87. The molecule has 0 unspecified atom stereocenters. The summed E-state index contributed by atoms with van der Waals surface area (Å²) in [6, 6.07) is 0. The van der Waals surface area contributed by atoms with E-state index in [9.17, 15) is 26.3 Å². The van der Waals surface area contributed by atoms with Crippen LogP contribution in [0.5, 0.6) is 0 Å². The summed E-state index contributed by atoms with van der Waals surface area (Å²) in [6.45, 7) is 28.4. The van der Waals surface area contributed by atoms with E-state index < -0.39 is 28.9 Å². The summed E-state index contributed by atoms with van der Waals surface area (Å²) >= 11 is 0. The molecule has 0 N–H and O–H groups in total. The summed E-state index contributed by atoms with van der Waals surface area (Å²) in [5.41, 5.74) is -6.43. The topological polar surface area (TPSA) is 0 Å². The van der Waals surface area contributed by atoms with Gasteiger partial charge in [0.25, 0.3) is 0 Å². The van der Waals surface area contributed by atoms with Crippen LogP contribution in [0.1, 0.15) is 55.4 Å². The molecule has 6 heteroatoms. The molecule has 0 aliphatic rings. The van der Waals surface area contributed by atoms with Crippen molar-refractivity contribution in [2.24, 2.45) is 5.41 Å². The molecule has 0 aliphatic carbocycles. The highest BCUT2D eigenvalue weighted by atomic mass is 19.4. The van der Waals surface area contributed by atoms with Crippen molar-refractivity contribution in [3.63, 3.8) is 0 Å². The first kappa shape index (κ1) is 37.7. The molecule has 0 aromatic rings. The van der Waals surface area contributed by atoms with Crippen LogP contribution in [-0.4, -0.2) is 12.4 Å². The van der Waals surface area contributed by atoms with Gasteiger partial charge in [-0.25, -0.2) is 0 Å².